The maximum absolute atomic E-state index is 11.4. The highest BCUT2D eigenvalue weighted by Crippen LogP contribution is 2.48. The normalized spacial score (nSPS) is 15.4. The third-order valence-corrected chi connectivity index (χ3v) is 4.02. The van der Waals surface area contributed by atoms with Gasteiger partial charge in [0.1, 0.15) is 11.3 Å². The second kappa shape index (κ2) is 5.10. The predicted molar refractivity (Wildman–Crippen MR) is 78.3 cm³/mol. The number of aromatic carboxylic acids is 1. The number of carbonyl (C=O) groups is 1. The minimum atomic E-state index is -0.999. The molecule has 0 amide bonds. The van der Waals surface area contributed by atoms with Crippen LogP contribution in [0.3, 0.4) is 0 Å². The van der Waals surface area contributed by atoms with Crippen LogP contribution in [0.1, 0.15) is 29.6 Å². The number of carboxylic acids is 1. The van der Waals surface area contributed by atoms with Crippen molar-refractivity contribution in [2.24, 2.45) is 5.41 Å². The van der Waals surface area contributed by atoms with E-state index in [4.69, 9.17) is 10.00 Å². The van der Waals surface area contributed by atoms with Gasteiger partial charge >= 0.3 is 5.97 Å². The van der Waals surface area contributed by atoms with Gasteiger partial charge in [0.2, 0.25) is 0 Å². The van der Waals surface area contributed by atoms with E-state index in [2.05, 4.69) is 6.07 Å². The van der Waals surface area contributed by atoms with Crippen LogP contribution in [0.25, 0.3) is 10.8 Å². The fourth-order valence-electron chi connectivity index (χ4n) is 2.45. The molecule has 2 aromatic rings. The van der Waals surface area contributed by atoms with Crippen molar-refractivity contribution in [3.63, 3.8) is 0 Å². The van der Waals surface area contributed by atoms with E-state index in [-0.39, 0.29) is 11.0 Å². The first-order valence-corrected chi connectivity index (χ1v) is 6.89. The summed E-state index contributed by atoms with van der Waals surface area (Å²) in [5.74, 6) is -0.619. The molecular formula is C17H15NO3. The van der Waals surface area contributed by atoms with Gasteiger partial charge in [-0.15, -0.1) is 0 Å². The summed E-state index contributed by atoms with van der Waals surface area (Å²) in [5, 5.41) is 20.0. The first kappa shape index (κ1) is 13.4. The number of ether oxygens (including phenoxy) is 1. The Morgan fingerprint density at radius 2 is 1.95 bits per heavy atom. The van der Waals surface area contributed by atoms with Gasteiger partial charge in [0, 0.05) is 11.8 Å². The second-order valence-electron chi connectivity index (χ2n) is 5.62. The van der Waals surface area contributed by atoms with E-state index in [0.717, 1.165) is 23.6 Å². The van der Waals surface area contributed by atoms with Crippen LogP contribution >= 0.6 is 0 Å². The van der Waals surface area contributed by atoms with E-state index in [1.165, 1.54) is 0 Å². The summed E-state index contributed by atoms with van der Waals surface area (Å²) in [4.78, 5) is 11.4. The Labute approximate surface area is 122 Å². The SMILES string of the molecule is N#CCC1(COc2cc3ccccc3cc2C(=O)O)CC1. The number of nitrogens with zero attached hydrogens (tertiary/aromatic N) is 1. The van der Waals surface area contributed by atoms with Crippen molar-refractivity contribution in [3.05, 3.63) is 42.0 Å². The van der Waals surface area contributed by atoms with E-state index >= 15 is 0 Å². The van der Waals surface area contributed by atoms with E-state index in [0.29, 0.717) is 18.8 Å². The molecular weight excluding hydrogens is 266 g/mol. The molecule has 2 aromatic carbocycles. The molecule has 1 saturated carbocycles. The zero-order valence-corrected chi connectivity index (χ0v) is 11.5. The topological polar surface area (TPSA) is 70.3 Å². The zero-order valence-electron chi connectivity index (χ0n) is 11.5. The molecule has 4 heteroatoms. The molecule has 106 valence electrons. The summed E-state index contributed by atoms with van der Waals surface area (Å²) in [6.07, 6.45) is 2.40. The van der Waals surface area contributed by atoms with Crippen molar-refractivity contribution in [1.82, 2.24) is 0 Å². The summed E-state index contributed by atoms with van der Waals surface area (Å²) in [6.45, 7) is 0.402. The molecule has 21 heavy (non-hydrogen) atoms. The average molecular weight is 281 g/mol. The molecule has 1 aliphatic rings. The summed E-state index contributed by atoms with van der Waals surface area (Å²) < 4.78 is 5.75. The van der Waals surface area contributed by atoms with E-state index in [1.54, 1.807) is 12.1 Å². The van der Waals surface area contributed by atoms with Gasteiger partial charge in [-0.2, -0.15) is 5.26 Å². The molecule has 0 spiro atoms. The van der Waals surface area contributed by atoms with Crippen LogP contribution in [0, 0.1) is 16.7 Å². The Bertz CT molecular complexity index is 741. The lowest BCUT2D eigenvalue weighted by Gasteiger charge is -2.15. The van der Waals surface area contributed by atoms with E-state index < -0.39 is 5.97 Å². The standard InChI is InChI=1S/C17H15NO3/c18-8-7-17(5-6-17)11-21-15-10-13-4-2-1-3-12(13)9-14(15)16(19)20/h1-4,9-10H,5-7,11H2,(H,19,20). The maximum Gasteiger partial charge on any atom is 0.339 e. The van der Waals surface area contributed by atoms with Crippen molar-refractivity contribution >= 4 is 16.7 Å². The fourth-order valence-corrected chi connectivity index (χ4v) is 2.45. The summed E-state index contributed by atoms with van der Waals surface area (Å²) in [5.41, 5.74) is 0.0948. The molecule has 0 bridgehead atoms. The Balaban J connectivity index is 1.91. The van der Waals surface area contributed by atoms with Crippen LogP contribution in [0.5, 0.6) is 5.75 Å². The van der Waals surface area contributed by atoms with Crippen LogP contribution < -0.4 is 4.74 Å². The van der Waals surface area contributed by atoms with Gasteiger partial charge in [-0.1, -0.05) is 24.3 Å². The third-order valence-electron chi connectivity index (χ3n) is 4.02. The molecule has 0 unspecified atom stereocenters. The highest BCUT2D eigenvalue weighted by Gasteiger charge is 2.43. The van der Waals surface area contributed by atoms with Crippen LogP contribution in [0.15, 0.2) is 36.4 Å². The maximum atomic E-state index is 11.4. The van der Waals surface area contributed by atoms with Gasteiger partial charge in [-0.3, -0.25) is 0 Å². The second-order valence-corrected chi connectivity index (χ2v) is 5.62. The highest BCUT2D eigenvalue weighted by molar-refractivity contribution is 5.97. The van der Waals surface area contributed by atoms with Gasteiger partial charge in [-0.05, 0) is 35.7 Å². The Morgan fingerprint density at radius 3 is 2.52 bits per heavy atom. The fraction of sp³-hybridized carbons (Fsp3) is 0.294. The first-order chi connectivity index (χ1) is 10.1. The van der Waals surface area contributed by atoms with Gasteiger partial charge in [-0.25, -0.2) is 4.79 Å². The molecule has 1 N–H and O–H groups in total. The predicted octanol–water partition coefficient (Wildman–Crippen LogP) is 3.61. The quantitative estimate of drug-likeness (QED) is 0.908. The number of benzene rings is 2. The van der Waals surface area contributed by atoms with Gasteiger partial charge in [0.05, 0.1) is 12.7 Å². The van der Waals surface area contributed by atoms with Gasteiger partial charge in [0.15, 0.2) is 0 Å². The minimum Gasteiger partial charge on any atom is -0.492 e. The minimum absolute atomic E-state index is 0.0732. The molecule has 0 radical (unpaired) electrons. The molecule has 1 fully saturated rings. The molecule has 0 heterocycles. The molecule has 0 atom stereocenters. The van der Waals surface area contributed by atoms with Crippen molar-refractivity contribution < 1.29 is 14.6 Å². The summed E-state index contributed by atoms with van der Waals surface area (Å²) in [7, 11) is 0. The Hall–Kier alpha value is -2.54. The van der Waals surface area contributed by atoms with E-state index in [1.807, 2.05) is 24.3 Å². The molecule has 0 aromatic heterocycles. The first-order valence-electron chi connectivity index (χ1n) is 6.89. The van der Waals surface area contributed by atoms with Crippen LogP contribution in [0.4, 0.5) is 0 Å². The zero-order chi connectivity index (χ0) is 14.9. The molecule has 4 nitrogen and oxygen atoms in total. The number of hydrogen-bond donors (Lipinski definition) is 1. The number of hydrogen-bond acceptors (Lipinski definition) is 3. The van der Waals surface area contributed by atoms with Gasteiger partial charge in [0.25, 0.3) is 0 Å². The van der Waals surface area contributed by atoms with Crippen molar-refractivity contribution in [1.29, 1.82) is 5.26 Å². The number of fused-ring (bicyclic) bond motifs is 1. The van der Waals surface area contributed by atoms with E-state index in [9.17, 15) is 9.90 Å². The lowest BCUT2D eigenvalue weighted by molar-refractivity contribution is 0.0691. The third kappa shape index (κ3) is 2.68. The Morgan fingerprint density at radius 1 is 1.29 bits per heavy atom. The number of rotatable bonds is 5. The molecule has 0 saturated heterocycles. The smallest absolute Gasteiger partial charge is 0.339 e. The lowest BCUT2D eigenvalue weighted by Crippen LogP contribution is -2.14. The highest BCUT2D eigenvalue weighted by atomic mass is 16.5. The average Bonchev–Trinajstić information content (AvgIpc) is 3.24. The monoisotopic (exact) mass is 281 g/mol. The van der Waals surface area contributed by atoms with Crippen LogP contribution in [-0.2, 0) is 0 Å². The summed E-state index contributed by atoms with van der Waals surface area (Å²) in [6, 6.07) is 13.2. The molecule has 3 rings (SSSR count). The summed E-state index contributed by atoms with van der Waals surface area (Å²) >= 11 is 0. The number of carboxylic acid groups (broad SMARTS) is 1. The van der Waals surface area contributed by atoms with Crippen LogP contribution in [0.2, 0.25) is 0 Å². The lowest BCUT2D eigenvalue weighted by atomic mass is 10.0. The van der Waals surface area contributed by atoms with Crippen LogP contribution in [-0.4, -0.2) is 17.7 Å². The van der Waals surface area contributed by atoms with Crippen molar-refractivity contribution in [2.75, 3.05) is 6.61 Å². The number of nitriles is 1. The largest absolute Gasteiger partial charge is 0.492 e. The van der Waals surface area contributed by atoms with Crippen molar-refractivity contribution in [2.45, 2.75) is 19.3 Å². The van der Waals surface area contributed by atoms with Crippen molar-refractivity contribution in [3.8, 4) is 11.8 Å². The Kier molecular flexibility index (Phi) is 3.26. The molecule has 0 aliphatic heterocycles. The molecule has 1 aliphatic carbocycles. The van der Waals surface area contributed by atoms with Gasteiger partial charge < -0.3 is 9.84 Å².